The maximum absolute atomic E-state index is 13.3. The molecule has 3 aromatic carbocycles. The van der Waals surface area contributed by atoms with Crippen molar-refractivity contribution in [1.82, 2.24) is 0 Å². The molecule has 2 unspecified atom stereocenters. The molecule has 4 rings (SSSR count). The van der Waals surface area contributed by atoms with E-state index >= 15 is 0 Å². The lowest BCUT2D eigenvalue weighted by molar-refractivity contribution is -0.861. The van der Waals surface area contributed by atoms with Crippen molar-refractivity contribution >= 4 is 16.9 Å². The number of hydroxylamine groups is 3. The largest absolute Gasteiger partial charge is 0.633 e. The minimum Gasteiger partial charge on any atom is -0.633 e. The summed E-state index contributed by atoms with van der Waals surface area (Å²) in [5, 5.41) is 24.0. The van der Waals surface area contributed by atoms with Gasteiger partial charge in [-0.05, 0) is 55.5 Å². The Bertz CT molecular complexity index is 1770. The second-order valence-corrected chi connectivity index (χ2v) is 12.1. The van der Waals surface area contributed by atoms with E-state index in [9.17, 15) is 20.1 Å². The molecular formula is C37H42N2O7. The van der Waals surface area contributed by atoms with Gasteiger partial charge in [-0.2, -0.15) is 5.26 Å². The fraction of sp³-hybridized carbons (Fsp3) is 0.378. The third-order valence-electron chi connectivity index (χ3n) is 8.70. The Hall–Kier alpha value is -4.65. The molecule has 0 fully saturated rings. The number of rotatable bonds is 14. The van der Waals surface area contributed by atoms with Crippen LogP contribution in [0.1, 0.15) is 54.6 Å². The molecule has 0 radical (unpaired) electrons. The molecule has 0 spiro atoms. The van der Waals surface area contributed by atoms with Gasteiger partial charge >= 0.3 is 5.97 Å². The van der Waals surface area contributed by atoms with Gasteiger partial charge in [0, 0.05) is 17.5 Å². The number of nitrogens with zero attached hydrogens (tertiary/aromatic N) is 2. The van der Waals surface area contributed by atoms with Crippen LogP contribution in [0, 0.1) is 29.4 Å². The molecule has 0 aliphatic rings. The van der Waals surface area contributed by atoms with E-state index < -0.39 is 16.0 Å². The predicted molar refractivity (Wildman–Crippen MR) is 178 cm³/mol. The maximum atomic E-state index is 13.3. The number of benzene rings is 3. The fourth-order valence-corrected chi connectivity index (χ4v) is 5.91. The number of para-hydroxylation sites is 1. The van der Waals surface area contributed by atoms with Gasteiger partial charge in [0.2, 0.25) is 0 Å². The second kappa shape index (κ2) is 14.6. The van der Waals surface area contributed by atoms with Gasteiger partial charge in [-0.1, -0.05) is 56.3 Å². The highest BCUT2D eigenvalue weighted by atomic mass is 16.5. The number of ether oxygens (including phenoxy) is 3. The van der Waals surface area contributed by atoms with Gasteiger partial charge in [0.05, 0.1) is 57.8 Å². The van der Waals surface area contributed by atoms with Crippen LogP contribution in [0.4, 0.5) is 0 Å². The minimum absolute atomic E-state index is 0.00777. The Kier molecular flexibility index (Phi) is 10.9. The molecule has 0 amide bonds. The Balaban J connectivity index is 1.38. The quantitative estimate of drug-likeness (QED) is 0.0625. The van der Waals surface area contributed by atoms with E-state index in [-0.39, 0.29) is 35.6 Å². The zero-order chi connectivity index (χ0) is 33.5. The highest BCUT2D eigenvalue weighted by Gasteiger charge is 2.37. The average Bonchev–Trinajstić information content (AvgIpc) is 3.06. The molecular weight excluding hydrogens is 584 g/mol. The van der Waals surface area contributed by atoms with Gasteiger partial charge in [-0.3, -0.25) is 4.79 Å². The van der Waals surface area contributed by atoms with Gasteiger partial charge in [-0.15, -0.1) is 0 Å². The number of methoxy groups -OCH3 is 2. The van der Waals surface area contributed by atoms with Gasteiger partial charge in [0.25, 0.3) is 0 Å². The van der Waals surface area contributed by atoms with Crippen LogP contribution in [0.3, 0.4) is 0 Å². The molecule has 2 atom stereocenters. The Labute approximate surface area is 270 Å². The number of carbonyl (C=O) groups is 1. The molecule has 1 aromatic heterocycles. The SMILES string of the molecule is COc1ccc(C(C#N)(CCC[N+](C)([O-])CCCOC(=O)c2cccc3c(=O)c(C)c(-c4ccccc4)oc23)C(C)C)cc1OC. The molecule has 1 heterocycles. The molecule has 46 heavy (non-hydrogen) atoms. The molecule has 242 valence electrons. The fourth-order valence-electron chi connectivity index (χ4n) is 5.91. The molecule has 9 heteroatoms. The van der Waals surface area contributed by atoms with Crippen molar-refractivity contribution in [1.29, 1.82) is 5.26 Å². The summed E-state index contributed by atoms with van der Waals surface area (Å²) in [6.45, 7) is 6.28. The first kappa shape index (κ1) is 34.2. The Morgan fingerprint density at radius 1 is 1.00 bits per heavy atom. The highest BCUT2D eigenvalue weighted by Crippen LogP contribution is 2.40. The number of fused-ring (bicyclic) bond motifs is 1. The zero-order valence-electron chi connectivity index (χ0n) is 27.4. The van der Waals surface area contributed by atoms with E-state index in [1.165, 1.54) is 0 Å². The summed E-state index contributed by atoms with van der Waals surface area (Å²) in [6, 6.07) is 22.1. The monoisotopic (exact) mass is 626 g/mol. The normalized spacial score (nSPS) is 13.9. The molecule has 0 saturated carbocycles. The van der Waals surface area contributed by atoms with Crippen molar-refractivity contribution in [3.05, 3.63) is 98.9 Å². The van der Waals surface area contributed by atoms with Crippen LogP contribution >= 0.6 is 0 Å². The van der Waals surface area contributed by atoms with Gasteiger partial charge < -0.3 is 28.5 Å². The number of hydrogen-bond donors (Lipinski definition) is 0. The number of carbonyl (C=O) groups excluding carboxylic acids is 1. The lowest BCUT2D eigenvalue weighted by Crippen LogP contribution is -2.41. The third kappa shape index (κ3) is 7.25. The number of esters is 1. The van der Waals surface area contributed by atoms with Crippen LogP contribution in [0.5, 0.6) is 11.5 Å². The lowest BCUT2D eigenvalue weighted by atomic mass is 9.69. The van der Waals surface area contributed by atoms with Gasteiger partial charge in [0.15, 0.2) is 22.5 Å². The van der Waals surface area contributed by atoms with Gasteiger partial charge in [0.1, 0.15) is 11.3 Å². The summed E-state index contributed by atoms with van der Waals surface area (Å²) in [5.74, 6) is 0.913. The van der Waals surface area contributed by atoms with Crippen LogP contribution < -0.4 is 14.9 Å². The second-order valence-electron chi connectivity index (χ2n) is 12.1. The number of hydrogen-bond acceptors (Lipinski definition) is 8. The van der Waals surface area contributed by atoms with Crippen molar-refractivity contribution in [3.63, 3.8) is 0 Å². The molecule has 0 saturated heterocycles. The molecule has 9 nitrogen and oxygen atoms in total. The van der Waals surface area contributed by atoms with Crippen molar-refractivity contribution in [2.45, 2.75) is 45.4 Å². The van der Waals surface area contributed by atoms with Crippen LogP contribution in [0.2, 0.25) is 0 Å². The Morgan fingerprint density at radius 3 is 2.35 bits per heavy atom. The lowest BCUT2D eigenvalue weighted by Gasteiger charge is -2.40. The molecule has 0 N–H and O–H groups in total. The highest BCUT2D eigenvalue weighted by molar-refractivity contribution is 6.02. The molecule has 0 aliphatic carbocycles. The van der Waals surface area contributed by atoms with Crippen LogP contribution in [0.15, 0.2) is 75.9 Å². The first-order valence-corrected chi connectivity index (χ1v) is 15.5. The van der Waals surface area contributed by atoms with E-state index in [4.69, 9.17) is 18.6 Å². The van der Waals surface area contributed by atoms with Crippen molar-refractivity contribution < 1.29 is 28.1 Å². The van der Waals surface area contributed by atoms with E-state index in [2.05, 4.69) is 6.07 Å². The first-order chi connectivity index (χ1) is 22.0. The summed E-state index contributed by atoms with van der Waals surface area (Å²) < 4.78 is 22.0. The first-order valence-electron chi connectivity index (χ1n) is 15.5. The van der Waals surface area contributed by atoms with Crippen LogP contribution in [0.25, 0.3) is 22.3 Å². The van der Waals surface area contributed by atoms with Crippen molar-refractivity contribution in [2.24, 2.45) is 5.92 Å². The van der Waals surface area contributed by atoms with Crippen LogP contribution in [-0.4, -0.2) is 51.6 Å². The topological polar surface area (TPSA) is 122 Å². The average molecular weight is 627 g/mol. The summed E-state index contributed by atoms with van der Waals surface area (Å²) >= 11 is 0. The molecule has 0 aliphatic heterocycles. The van der Waals surface area contributed by atoms with E-state index in [0.717, 1.165) is 11.1 Å². The molecule has 4 aromatic rings. The summed E-state index contributed by atoms with van der Waals surface area (Å²) in [4.78, 5) is 26.2. The molecule has 0 bridgehead atoms. The maximum Gasteiger partial charge on any atom is 0.341 e. The van der Waals surface area contributed by atoms with E-state index in [1.54, 1.807) is 52.5 Å². The zero-order valence-corrected chi connectivity index (χ0v) is 27.4. The number of nitriles is 1. The smallest absolute Gasteiger partial charge is 0.341 e. The summed E-state index contributed by atoms with van der Waals surface area (Å²) in [6.07, 6.45) is 1.37. The van der Waals surface area contributed by atoms with E-state index in [0.29, 0.717) is 54.0 Å². The predicted octanol–water partition coefficient (Wildman–Crippen LogP) is 7.17. The van der Waals surface area contributed by atoms with Gasteiger partial charge in [-0.25, -0.2) is 4.79 Å². The minimum atomic E-state index is -0.804. The van der Waals surface area contributed by atoms with Crippen molar-refractivity contribution in [2.75, 3.05) is 41.0 Å². The van der Waals surface area contributed by atoms with Crippen LogP contribution in [-0.2, 0) is 10.2 Å². The Morgan fingerprint density at radius 2 is 1.70 bits per heavy atom. The summed E-state index contributed by atoms with van der Waals surface area (Å²) in [5.41, 5.74) is 1.33. The summed E-state index contributed by atoms with van der Waals surface area (Å²) in [7, 11) is 4.72. The van der Waals surface area contributed by atoms with Crippen molar-refractivity contribution in [3.8, 4) is 28.9 Å². The standard InChI is InChI=1S/C37H42N2O7/c1-25(2)37(24-38,28-17-18-31(43-5)32(23-28)44-6)19-11-20-39(4,42)21-12-22-45-36(41)30-16-10-15-29-33(40)26(3)34(46-35(29)30)27-13-8-7-9-14-27/h7-10,13-18,23,25H,11-12,19-22H2,1-6H3. The number of quaternary nitrogens is 1. The third-order valence-corrected chi connectivity index (χ3v) is 8.70. The van der Waals surface area contributed by atoms with E-state index in [1.807, 2.05) is 56.3 Å².